The van der Waals surface area contributed by atoms with Crippen molar-refractivity contribution in [3.8, 4) is 0 Å². The summed E-state index contributed by atoms with van der Waals surface area (Å²) in [5.41, 5.74) is 0. The van der Waals surface area contributed by atoms with Gasteiger partial charge in [-0.1, -0.05) is 13.8 Å². The molecule has 86 valence electrons. The van der Waals surface area contributed by atoms with E-state index >= 15 is 0 Å². The summed E-state index contributed by atoms with van der Waals surface area (Å²) in [7, 11) is 0. The van der Waals surface area contributed by atoms with Gasteiger partial charge in [0.25, 0.3) is 0 Å². The minimum Gasteiger partial charge on any atom is -0.317 e. The highest BCUT2D eigenvalue weighted by atomic mass is 32.1. The van der Waals surface area contributed by atoms with Gasteiger partial charge in [-0.15, -0.1) is 11.3 Å². The number of hydrogen-bond donors (Lipinski definition) is 2. The van der Waals surface area contributed by atoms with Crippen molar-refractivity contribution in [3.63, 3.8) is 0 Å². The van der Waals surface area contributed by atoms with Gasteiger partial charge in [-0.25, -0.2) is 4.98 Å². The van der Waals surface area contributed by atoms with Gasteiger partial charge in [0.05, 0.1) is 5.01 Å². The normalized spacial score (nSPS) is 13.0. The van der Waals surface area contributed by atoms with Crippen molar-refractivity contribution in [1.82, 2.24) is 15.6 Å². The maximum atomic E-state index is 4.23. The van der Waals surface area contributed by atoms with E-state index in [1.165, 1.54) is 4.88 Å². The van der Waals surface area contributed by atoms with E-state index in [-0.39, 0.29) is 0 Å². The number of nitrogens with one attached hydrogen (secondary N) is 2. The molecule has 0 spiro atoms. The molecular weight excluding hydrogens is 206 g/mol. The van der Waals surface area contributed by atoms with E-state index in [4.69, 9.17) is 0 Å². The van der Waals surface area contributed by atoms with Crippen molar-refractivity contribution in [1.29, 1.82) is 0 Å². The Hall–Kier alpha value is -0.450. The van der Waals surface area contributed by atoms with Crippen molar-refractivity contribution in [2.45, 2.75) is 27.3 Å². The Morgan fingerprint density at radius 2 is 2.13 bits per heavy atom. The molecule has 1 atom stereocenters. The van der Waals surface area contributed by atoms with Crippen LogP contribution in [0.25, 0.3) is 0 Å². The van der Waals surface area contributed by atoms with Gasteiger partial charge in [0.15, 0.2) is 0 Å². The third-order valence-electron chi connectivity index (χ3n) is 2.20. The van der Waals surface area contributed by atoms with Gasteiger partial charge < -0.3 is 10.6 Å². The number of rotatable bonds is 7. The van der Waals surface area contributed by atoms with Gasteiger partial charge in [0, 0.05) is 17.6 Å². The zero-order valence-electron chi connectivity index (χ0n) is 9.84. The van der Waals surface area contributed by atoms with Crippen LogP contribution in [-0.2, 0) is 6.54 Å². The minimum atomic E-state index is 0.680. The van der Waals surface area contributed by atoms with Crippen molar-refractivity contribution in [2.75, 3.05) is 19.6 Å². The molecule has 15 heavy (non-hydrogen) atoms. The number of thiazole rings is 1. The lowest BCUT2D eigenvalue weighted by Crippen LogP contribution is -2.29. The molecule has 1 aromatic heterocycles. The quantitative estimate of drug-likeness (QED) is 0.745. The molecule has 4 heteroatoms. The highest BCUT2D eigenvalue weighted by molar-refractivity contribution is 7.11. The molecule has 0 saturated heterocycles. The van der Waals surface area contributed by atoms with Gasteiger partial charge in [-0.2, -0.15) is 0 Å². The predicted octanol–water partition coefficient (Wildman–Crippen LogP) is 1.79. The van der Waals surface area contributed by atoms with Crippen LogP contribution in [0, 0.1) is 12.8 Å². The van der Waals surface area contributed by atoms with Crippen LogP contribution in [0.2, 0.25) is 0 Å². The second-order valence-electron chi connectivity index (χ2n) is 3.89. The second kappa shape index (κ2) is 6.93. The standard InChI is InChI=1S/C11H21N3S/c1-4-12-5-9(2)6-13-7-11-8-14-10(3)15-11/h8-9,12-13H,4-7H2,1-3H3. The molecule has 0 aliphatic carbocycles. The lowest BCUT2D eigenvalue weighted by Gasteiger charge is -2.11. The molecule has 2 N–H and O–H groups in total. The number of aryl methyl sites for hydroxylation is 1. The molecule has 1 rings (SSSR count). The summed E-state index contributed by atoms with van der Waals surface area (Å²) in [6, 6.07) is 0. The molecule has 0 aliphatic rings. The first kappa shape index (κ1) is 12.6. The first-order valence-electron chi connectivity index (χ1n) is 5.55. The molecule has 1 unspecified atom stereocenters. The van der Waals surface area contributed by atoms with Gasteiger partial charge in [0.1, 0.15) is 0 Å². The van der Waals surface area contributed by atoms with Crippen LogP contribution in [-0.4, -0.2) is 24.6 Å². The van der Waals surface area contributed by atoms with E-state index in [1.54, 1.807) is 11.3 Å². The molecule has 3 nitrogen and oxygen atoms in total. The molecule has 1 aromatic rings. The van der Waals surface area contributed by atoms with Crippen LogP contribution in [0.5, 0.6) is 0 Å². The molecule has 0 aliphatic heterocycles. The van der Waals surface area contributed by atoms with Crippen LogP contribution in [0.1, 0.15) is 23.7 Å². The molecule has 0 radical (unpaired) electrons. The van der Waals surface area contributed by atoms with Crippen LogP contribution >= 0.6 is 11.3 Å². The molecule has 0 fully saturated rings. The van der Waals surface area contributed by atoms with Crippen molar-refractivity contribution < 1.29 is 0 Å². The van der Waals surface area contributed by atoms with Crippen molar-refractivity contribution in [3.05, 3.63) is 16.1 Å². The Kier molecular flexibility index (Phi) is 5.83. The average molecular weight is 227 g/mol. The largest absolute Gasteiger partial charge is 0.317 e. The highest BCUT2D eigenvalue weighted by Crippen LogP contribution is 2.10. The van der Waals surface area contributed by atoms with E-state index in [9.17, 15) is 0 Å². The third kappa shape index (κ3) is 5.25. The van der Waals surface area contributed by atoms with Crippen LogP contribution in [0.4, 0.5) is 0 Å². The second-order valence-corrected chi connectivity index (χ2v) is 5.21. The first-order chi connectivity index (χ1) is 7.22. The van der Waals surface area contributed by atoms with E-state index in [1.807, 2.05) is 13.1 Å². The fourth-order valence-electron chi connectivity index (χ4n) is 1.39. The fraction of sp³-hybridized carbons (Fsp3) is 0.727. The maximum Gasteiger partial charge on any atom is 0.0897 e. The van der Waals surface area contributed by atoms with E-state index < -0.39 is 0 Å². The Bertz CT molecular complexity index is 273. The Morgan fingerprint density at radius 3 is 2.73 bits per heavy atom. The highest BCUT2D eigenvalue weighted by Gasteiger charge is 2.01. The fourth-order valence-corrected chi connectivity index (χ4v) is 2.16. The van der Waals surface area contributed by atoms with Crippen LogP contribution in [0.15, 0.2) is 6.20 Å². The van der Waals surface area contributed by atoms with Crippen LogP contribution < -0.4 is 10.6 Å². The third-order valence-corrected chi connectivity index (χ3v) is 3.12. The smallest absolute Gasteiger partial charge is 0.0897 e. The monoisotopic (exact) mass is 227 g/mol. The average Bonchev–Trinajstić information content (AvgIpc) is 2.61. The molecule has 0 amide bonds. The molecular formula is C11H21N3S. The zero-order chi connectivity index (χ0) is 11.1. The summed E-state index contributed by atoms with van der Waals surface area (Å²) >= 11 is 1.77. The SMILES string of the molecule is CCNCC(C)CNCc1cnc(C)s1. The summed E-state index contributed by atoms with van der Waals surface area (Å²) < 4.78 is 0. The number of aromatic nitrogens is 1. The summed E-state index contributed by atoms with van der Waals surface area (Å²) in [6.45, 7) is 10.6. The summed E-state index contributed by atoms with van der Waals surface area (Å²) in [6.07, 6.45) is 1.96. The minimum absolute atomic E-state index is 0.680. The summed E-state index contributed by atoms with van der Waals surface area (Å²) in [4.78, 5) is 5.55. The van der Waals surface area contributed by atoms with Gasteiger partial charge in [0.2, 0.25) is 0 Å². The molecule has 0 saturated carbocycles. The Labute approximate surface area is 96.3 Å². The molecule has 0 bridgehead atoms. The predicted molar refractivity (Wildman–Crippen MR) is 66.3 cm³/mol. The van der Waals surface area contributed by atoms with Gasteiger partial charge in [-0.3, -0.25) is 0 Å². The Morgan fingerprint density at radius 1 is 1.40 bits per heavy atom. The van der Waals surface area contributed by atoms with Gasteiger partial charge in [-0.05, 0) is 32.5 Å². The van der Waals surface area contributed by atoms with Gasteiger partial charge >= 0.3 is 0 Å². The summed E-state index contributed by atoms with van der Waals surface area (Å²) in [5, 5.41) is 7.95. The number of hydrogen-bond acceptors (Lipinski definition) is 4. The van der Waals surface area contributed by atoms with Crippen molar-refractivity contribution >= 4 is 11.3 Å². The van der Waals surface area contributed by atoms with E-state index in [0.29, 0.717) is 5.92 Å². The van der Waals surface area contributed by atoms with Crippen LogP contribution in [0.3, 0.4) is 0 Å². The first-order valence-corrected chi connectivity index (χ1v) is 6.36. The molecule has 1 heterocycles. The molecule has 0 aromatic carbocycles. The lowest BCUT2D eigenvalue weighted by atomic mass is 10.2. The van der Waals surface area contributed by atoms with E-state index in [0.717, 1.165) is 31.2 Å². The van der Waals surface area contributed by atoms with Crippen molar-refractivity contribution in [2.24, 2.45) is 5.92 Å². The number of nitrogens with zero attached hydrogens (tertiary/aromatic N) is 1. The lowest BCUT2D eigenvalue weighted by molar-refractivity contribution is 0.480. The topological polar surface area (TPSA) is 37.0 Å². The Balaban J connectivity index is 2.10. The zero-order valence-corrected chi connectivity index (χ0v) is 10.7. The maximum absolute atomic E-state index is 4.23. The van der Waals surface area contributed by atoms with E-state index in [2.05, 4.69) is 29.5 Å². The summed E-state index contributed by atoms with van der Waals surface area (Å²) in [5.74, 6) is 0.680.